The van der Waals surface area contributed by atoms with Crippen LogP contribution in [0.2, 0.25) is 0 Å². The fraction of sp³-hybridized carbons (Fsp3) is 0.731. The third kappa shape index (κ3) is 8.29. The van der Waals surface area contributed by atoms with E-state index in [9.17, 15) is 9.90 Å². The number of carbonyl (C=O) groups excluding carboxylic acids is 1. The van der Waals surface area contributed by atoms with Crippen LogP contribution in [-0.2, 0) is 15.1 Å². The van der Waals surface area contributed by atoms with Crippen LogP contribution >= 0.6 is 0 Å². The molecule has 170 valence electrons. The Labute approximate surface area is 183 Å². The standard InChI is InChI=1S/C26H42O4/c1-3-5-7-9-11-21-30-25(27)22-16-18-26(28,19-17-22)23-12-14-24(15-13-23)29-20-10-8-6-4-2/h12-15,22,28H,3-11,16-21H2,1-2H3. The lowest BCUT2D eigenvalue weighted by atomic mass is 9.75. The number of hydrogen-bond acceptors (Lipinski definition) is 4. The maximum atomic E-state index is 12.3. The minimum absolute atomic E-state index is 0.0772. The molecule has 0 heterocycles. The van der Waals surface area contributed by atoms with Crippen molar-refractivity contribution in [3.63, 3.8) is 0 Å². The van der Waals surface area contributed by atoms with Crippen molar-refractivity contribution in [1.29, 1.82) is 0 Å². The highest BCUT2D eigenvalue weighted by molar-refractivity contribution is 5.72. The Bertz CT molecular complexity index is 588. The Morgan fingerprint density at radius 1 is 0.900 bits per heavy atom. The average Bonchev–Trinajstić information content (AvgIpc) is 2.77. The van der Waals surface area contributed by atoms with Gasteiger partial charge in [-0.1, -0.05) is 70.9 Å². The van der Waals surface area contributed by atoms with Gasteiger partial charge in [-0.2, -0.15) is 0 Å². The van der Waals surface area contributed by atoms with Gasteiger partial charge in [-0.3, -0.25) is 4.79 Å². The predicted octanol–water partition coefficient (Wildman–Crippen LogP) is 6.54. The number of benzene rings is 1. The number of carbonyl (C=O) groups is 1. The zero-order chi connectivity index (χ0) is 21.7. The summed E-state index contributed by atoms with van der Waals surface area (Å²) in [7, 11) is 0. The van der Waals surface area contributed by atoms with Crippen LogP contribution in [0.5, 0.6) is 5.75 Å². The van der Waals surface area contributed by atoms with E-state index in [1.54, 1.807) is 0 Å². The Kier molecular flexibility index (Phi) is 11.3. The SMILES string of the molecule is CCCCCCCOC(=O)C1CCC(O)(c2ccc(OCCCCCC)cc2)CC1. The van der Waals surface area contributed by atoms with Gasteiger partial charge in [0.1, 0.15) is 5.75 Å². The molecule has 1 aliphatic rings. The maximum absolute atomic E-state index is 12.3. The summed E-state index contributed by atoms with van der Waals surface area (Å²) < 4.78 is 11.3. The normalized spacial score (nSPS) is 21.4. The van der Waals surface area contributed by atoms with Crippen molar-refractivity contribution in [3.8, 4) is 5.75 Å². The molecule has 1 aliphatic carbocycles. The third-order valence-corrected chi connectivity index (χ3v) is 6.30. The molecule has 0 amide bonds. The lowest BCUT2D eigenvalue weighted by Crippen LogP contribution is -2.34. The van der Waals surface area contributed by atoms with E-state index < -0.39 is 5.60 Å². The molecule has 0 radical (unpaired) electrons. The topological polar surface area (TPSA) is 55.8 Å². The molecule has 4 heteroatoms. The monoisotopic (exact) mass is 418 g/mol. The molecule has 30 heavy (non-hydrogen) atoms. The van der Waals surface area contributed by atoms with Gasteiger partial charge in [0.2, 0.25) is 0 Å². The second-order valence-electron chi connectivity index (χ2n) is 8.82. The second kappa shape index (κ2) is 13.7. The minimum Gasteiger partial charge on any atom is -0.494 e. The fourth-order valence-corrected chi connectivity index (χ4v) is 4.20. The molecule has 0 aromatic heterocycles. The molecule has 0 spiro atoms. The van der Waals surface area contributed by atoms with Crippen molar-refractivity contribution >= 4 is 5.97 Å². The van der Waals surface area contributed by atoms with Crippen LogP contribution in [0.1, 0.15) is 103 Å². The van der Waals surface area contributed by atoms with E-state index in [0.717, 1.165) is 37.2 Å². The van der Waals surface area contributed by atoms with E-state index >= 15 is 0 Å². The molecule has 0 bridgehead atoms. The van der Waals surface area contributed by atoms with Gasteiger partial charge in [0.25, 0.3) is 0 Å². The highest BCUT2D eigenvalue weighted by atomic mass is 16.5. The molecule has 0 saturated heterocycles. The molecule has 2 rings (SSSR count). The Morgan fingerprint density at radius 3 is 2.10 bits per heavy atom. The second-order valence-corrected chi connectivity index (χ2v) is 8.82. The summed E-state index contributed by atoms with van der Waals surface area (Å²) in [5.74, 6) is 0.695. The van der Waals surface area contributed by atoms with Crippen LogP contribution in [0.3, 0.4) is 0 Å². The van der Waals surface area contributed by atoms with Crippen LogP contribution in [0.25, 0.3) is 0 Å². The Hall–Kier alpha value is -1.55. The summed E-state index contributed by atoms with van der Waals surface area (Å²) in [5.41, 5.74) is 0.0694. The van der Waals surface area contributed by atoms with E-state index in [1.807, 2.05) is 24.3 Å². The molecule has 1 saturated carbocycles. The van der Waals surface area contributed by atoms with Crippen LogP contribution in [0, 0.1) is 5.92 Å². The number of ether oxygens (including phenoxy) is 2. The molecule has 1 aromatic carbocycles. The van der Waals surface area contributed by atoms with E-state index in [2.05, 4.69) is 13.8 Å². The van der Waals surface area contributed by atoms with Crippen molar-refractivity contribution in [3.05, 3.63) is 29.8 Å². The zero-order valence-electron chi connectivity index (χ0n) is 19.2. The van der Waals surface area contributed by atoms with Gasteiger partial charge in [0, 0.05) is 0 Å². The number of aliphatic hydroxyl groups is 1. The van der Waals surface area contributed by atoms with Crippen molar-refractivity contribution in [2.45, 2.75) is 103 Å². The smallest absolute Gasteiger partial charge is 0.308 e. The molecular weight excluding hydrogens is 376 g/mol. The van der Waals surface area contributed by atoms with E-state index in [0.29, 0.717) is 32.3 Å². The van der Waals surface area contributed by atoms with Crippen molar-refractivity contribution in [2.24, 2.45) is 5.92 Å². The van der Waals surface area contributed by atoms with Crippen molar-refractivity contribution in [2.75, 3.05) is 13.2 Å². The van der Waals surface area contributed by atoms with E-state index in [1.165, 1.54) is 38.5 Å². The first kappa shape index (κ1) is 24.7. The number of rotatable bonds is 14. The van der Waals surface area contributed by atoms with Gasteiger partial charge < -0.3 is 14.6 Å². The first-order valence-corrected chi connectivity index (χ1v) is 12.2. The van der Waals surface area contributed by atoms with Crippen LogP contribution < -0.4 is 4.74 Å². The lowest BCUT2D eigenvalue weighted by molar-refractivity contribution is -0.152. The average molecular weight is 419 g/mol. The van der Waals surface area contributed by atoms with E-state index in [-0.39, 0.29) is 11.9 Å². The molecule has 0 unspecified atom stereocenters. The number of hydrogen-bond donors (Lipinski definition) is 1. The lowest BCUT2D eigenvalue weighted by Gasteiger charge is -2.35. The van der Waals surface area contributed by atoms with Gasteiger partial charge >= 0.3 is 5.97 Å². The van der Waals surface area contributed by atoms with Gasteiger partial charge in [-0.05, 0) is 56.2 Å². The predicted molar refractivity (Wildman–Crippen MR) is 122 cm³/mol. The largest absolute Gasteiger partial charge is 0.494 e. The summed E-state index contributed by atoms with van der Waals surface area (Å²) in [6.07, 6.45) is 13.1. The summed E-state index contributed by atoms with van der Waals surface area (Å²) in [6.45, 7) is 5.67. The third-order valence-electron chi connectivity index (χ3n) is 6.30. The molecule has 1 aromatic rings. The zero-order valence-corrected chi connectivity index (χ0v) is 19.2. The minimum atomic E-state index is -0.851. The summed E-state index contributed by atoms with van der Waals surface area (Å²) in [5, 5.41) is 11.1. The van der Waals surface area contributed by atoms with Gasteiger partial charge in [0.15, 0.2) is 0 Å². The van der Waals surface area contributed by atoms with Gasteiger partial charge in [0.05, 0.1) is 24.7 Å². The highest BCUT2D eigenvalue weighted by Gasteiger charge is 2.37. The molecule has 1 fully saturated rings. The first-order valence-electron chi connectivity index (χ1n) is 12.2. The molecular formula is C26H42O4. The highest BCUT2D eigenvalue weighted by Crippen LogP contribution is 2.40. The maximum Gasteiger partial charge on any atom is 0.308 e. The number of esters is 1. The molecule has 4 nitrogen and oxygen atoms in total. The summed E-state index contributed by atoms with van der Waals surface area (Å²) >= 11 is 0. The first-order chi connectivity index (χ1) is 14.6. The number of unbranched alkanes of at least 4 members (excludes halogenated alkanes) is 7. The quantitative estimate of drug-likeness (QED) is 0.275. The molecule has 0 aliphatic heterocycles. The molecule has 1 N–H and O–H groups in total. The van der Waals surface area contributed by atoms with E-state index in [4.69, 9.17) is 9.47 Å². The fourth-order valence-electron chi connectivity index (χ4n) is 4.20. The van der Waals surface area contributed by atoms with Crippen LogP contribution in [-0.4, -0.2) is 24.3 Å². The van der Waals surface area contributed by atoms with Crippen LogP contribution in [0.4, 0.5) is 0 Å². The molecule has 0 atom stereocenters. The summed E-state index contributed by atoms with van der Waals surface area (Å²) in [4.78, 5) is 12.3. The summed E-state index contributed by atoms with van der Waals surface area (Å²) in [6, 6.07) is 7.84. The Balaban J connectivity index is 1.71. The van der Waals surface area contributed by atoms with Crippen molar-refractivity contribution < 1.29 is 19.4 Å². The van der Waals surface area contributed by atoms with Crippen LogP contribution in [0.15, 0.2) is 24.3 Å². The van der Waals surface area contributed by atoms with Gasteiger partial charge in [-0.15, -0.1) is 0 Å². The van der Waals surface area contributed by atoms with Crippen molar-refractivity contribution in [1.82, 2.24) is 0 Å². The Morgan fingerprint density at radius 2 is 1.47 bits per heavy atom. The van der Waals surface area contributed by atoms with Gasteiger partial charge in [-0.25, -0.2) is 0 Å².